The number of hydrogen-bond acceptors (Lipinski definition) is 4. The Hall–Kier alpha value is -4.31. The number of allylic oxidation sites excluding steroid dienone is 2. The lowest BCUT2D eigenvalue weighted by Gasteiger charge is -2.42. The molecule has 3 aromatic carbocycles. The summed E-state index contributed by atoms with van der Waals surface area (Å²) in [6.45, 7) is 6.59. The summed E-state index contributed by atoms with van der Waals surface area (Å²) >= 11 is 0. The number of aryl methyl sites for hydroxylation is 1. The number of aromatic nitrogens is 1. The Balaban J connectivity index is 1.83. The molecule has 5 rings (SSSR count). The molecule has 0 saturated heterocycles. The fraction of sp³-hybridized carbons (Fsp3) is 0.182. The number of methoxy groups -OCH3 is 2. The van der Waals surface area contributed by atoms with Crippen LogP contribution in [0.3, 0.4) is 0 Å². The van der Waals surface area contributed by atoms with Crippen LogP contribution in [-0.2, 0) is 0 Å². The van der Waals surface area contributed by atoms with Crippen LogP contribution in [0.2, 0.25) is 0 Å². The van der Waals surface area contributed by atoms with Crippen molar-refractivity contribution in [1.29, 1.82) is 0 Å². The molecule has 4 aromatic rings. The molecule has 37 heavy (non-hydrogen) atoms. The van der Waals surface area contributed by atoms with E-state index < -0.39 is 0 Å². The zero-order valence-electron chi connectivity index (χ0n) is 22.0. The van der Waals surface area contributed by atoms with Gasteiger partial charge in [-0.25, -0.2) is 4.98 Å². The van der Waals surface area contributed by atoms with E-state index in [9.17, 15) is 0 Å². The van der Waals surface area contributed by atoms with Gasteiger partial charge in [-0.2, -0.15) is 0 Å². The molecule has 186 valence electrons. The first-order valence-electron chi connectivity index (χ1n) is 12.5. The third kappa shape index (κ3) is 4.51. The highest BCUT2D eigenvalue weighted by Crippen LogP contribution is 2.49. The highest BCUT2D eigenvalue weighted by molar-refractivity contribution is 5.98. The third-order valence-corrected chi connectivity index (χ3v) is 7.10. The van der Waals surface area contributed by atoms with Gasteiger partial charge < -0.3 is 14.4 Å². The van der Waals surface area contributed by atoms with Gasteiger partial charge in [0.2, 0.25) is 0 Å². The van der Waals surface area contributed by atoms with E-state index in [1.807, 2.05) is 36.5 Å². The zero-order valence-corrected chi connectivity index (χ0v) is 22.0. The molecule has 0 aliphatic carbocycles. The largest absolute Gasteiger partial charge is 0.497 e. The summed E-state index contributed by atoms with van der Waals surface area (Å²) < 4.78 is 10.9. The Morgan fingerprint density at radius 1 is 0.676 bits per heavy atom. The molecule has 1 atom stereocenters. The minimum Gasteiger partial charge on any atom is -0.497 e. The third-order valence-electron chi connectivity index (χ3n) is 7.10. The van der Waals surface area contributed by atoms with Gasteiger partial charge in [0.15, 0.2) is 0 Å². The second-order valence-corrected chi connectivity index (χ2v) is 9.32. The quantitative estimate of drug-likeness (QED) is 0.277. The van der Waals surface area contributed by atoms with Crippen LogP contribution in [0.1, 0.15) is 42.1 Å². The van der Waals surface area contributed by atoms with Gasteiger partial charge in [0.05, 0.1) is 26.0 Å². The number of ether oxygens (including phenoxy) is 2. The summed E-state index contributed by atoms with van der Waals surface area (Å²) in [4.78, 5) is 7.31. The SMILES string of the molecule is COc1ccc(C2=C(C)C(c3ccc(OC)cc3)N(c3ncccc3C)C(c3ccccc3)=C2C)cc1. The first-order chi connectivity index (χ1) is 18.0. The van der Waals surface area contributed by atoms with E-state index in [-0.39, 0.29) is 6.04 Å². The van der Waals surface area contributed by atoms with E-state index in [1.165, 1.54) is 27.8 Å². The van der Waals surface area contributed by atoms with Crippen molar-refractivity contribution in [3.05, 3.63) is 131 Å². The van der Waals surface area contributed by atoms with Crippen molar-refractivity contribution in [1.82, 2.24) is 4.98 Å². The summed E-state index contributed by atoms with van der Waals surface area (Å²) in [6, 6.07) is 31.4. The van der Waals surface area contributed by atoms with E-state index in [1.54, 1.807) is 14.2 Å². The van der Waals surface area contributed by atoms with Crippen molar-refractivity contribution >= 4 is 17.1 Å². The number of nitrogens with zero attached hydrogens (tertiary/aromatic N) is 2. The molecule has 0 saturated carbocycles. The van der Waals surface area contributed by atoms with Crippen LogP contribution >= 0.6 is 0 Å². The predicted octanol–water partition coefficient (Wildman–Crippen LogP) is 7.87. The molecule has 0 amide bonds. The molecule has 0 bridgehead atoms. The lowest BCUT2D eigenvalue weighted by Crippen LogP contribution is -2.33. The van der Waals surface area contributed by atoms with Gasteiger partial charge in [0.25, 0.3) is 0 Å². The van der Waals surface area contributed by atoms with Crippen LogP contribution in [0.25, 0.3) is 11.3 Å². The van der Waals surface area contributed by atoms with Crippen molar-refractivity contribution < 1.29 is 9.47 Å². The van der Waals surface area contributed by atoms with Gasteiger partial charge >= 0.3 is 0 Å². The minimum atomic E-state index is -0.0597. The van der Waals surface area contributed by atoms with Crippen LogP contribution in [0.4, 0.5) is 5.82 Å². The highest BCUT2D eigenvalue weighted by Gasteiger charge is 2.36. The first-order valence-corrected chi connectivity index (χ1v) is 12.5. The van der Waals surface area contributed by atoms with E-state index in [0.717, 1.165) is 34.1 Å². The van der Waals surface area contributed by atoms with Crippen LogP contribution in [0, 0.1) is 6.92 Å². The Kier molecular flexibility index (Phi) is 6.82. The number of benzene rings is 3. The maximum absolute atomic E-state index is 5.47. The molecule has 1 aromatic heterocycles. The van der Waals surface area contributed by atoms with E-state index in [0.29, 0.717) is 0 Å². The number of anilines is 1. The normalized spacial score (nSPS) is 15.7. The fourth-order valence-corrected chi connectivity index (χ4v) is 5.35. The van der Waals surface area contributed by atoms with Gasteiger partial charge in [-0.15, -0.1) is 0 Å². The number of pyridine rings is 1. The Morgan fingerprint density at radius 2 is 1.30 bits per heavy atom. The second kappa shape index (κ2) is 10.4. The van der Waals surface area contributed by atoms with Crippen LogP contribution < -0.4 is 14.4 Å². The molecule has 4 heteroatoms. The standard InChI is InChI=1S/C33H32N2O2/c1-22-10-9-21-34-33(22)35-31(26-11-7-6-8-12-26)23(2)30(25-13-17-28(36-4)18-14-25)24(3)32(35)27-15-19-29(37-5)20-16-27/h6-21,32H,1-5H3. The maximum Gasteiger partial charge on any atom is 0.136 e. The zero-order chi connectivity index (χ0) is 25.9. The van der Waals surface area contributed by atoms with Gasteiger partial charge in [-0.1, -0.05) is 60.7 Å². The van der Waals surface area contributed by atoms with Gasteiger partial charge in [-0.05, 0) is 90.1 Å². The summed E-state index contributed by atoms with van der Waals surface area (Å²) in [5.41, 5.74) is 9.49. The average Bonchev–Trinajstić information content (AvgIpc) is 2.94. The lowest BCUT2D eigenvalue weighted by molar-refractivity contribution is 0.414. The van der Waals surface area contributed by atoms with Crippen LogP contribution in [0.15, 0.2) is 108 Å². The Labute approximate surface area is 219 Å². The molecule has 4 nitrogen and oxygen atoms in total. The molecular weight excluding hydrogens is 456 g/mol. The molecule has 1 aliphatic rings. The van der Waals surface area contributed by atoms with E-state index in [2.05, 4.69) is 86.3 Å². The number of rotatable bonds is 6. The van der Waals surface area contributed by atoms with Crippen molar-refractivity contribution in [3.63, 3.8) is 0 Å². The van der Waals surface area contributed by atoms with E-state index in [4.69, 9.17) is 14.5 Å². The molecule has 0 N–H and O–H groups in total. The van der Waals surface area contributed by atoms with Gasteiger partial charge in [0, 0.05) is 6.20 Å². The maximum atomic E-state index is 5.47. The molecule has 1 aliphatic heterocycles. The van der Waals surface area contributed by atoms with Crippen LogP contribution in [-0.4, -0.2) is 19.2 Å². The summed E-state index contributed by atoms with van der Waals surface area (Å²) in [7, 11) is 3.40. The topological polar surface area (TPSA) is 34.6 Å². The second-order valence-electron chi connectivity index (χ2n) is 9.32. The molecule has 2 heterocycles. The van der Waals surface area contributed by atoms with E-state index >= 15 is 0 Å². The molecule has 1 unspecified atom stereocenters. The van der Waals surface area contributed by atoms with Crippen molar-refractivity contribution in [2.75, 3.05) is 19.1 Å². The minimum absolute atomic E-state index is 0.0597. The predicted molar refractivity (Wildman–Crippen MR) is 152 cm³/mol. The Morgan fingerprint density at radius 3 is 1.89 bits per heavy atom. The molecule has 0 fully saturated rings. The summed E-state index contributed by atoms with van der Waals surface area (Å²) in [5, 5.41) is 0. The lowest BCUT2D eigenvalue weighted by atomic mass is 9.81. The molecule has 0 radical (unpaired) electrons. The fourth-order valence-electron chi connectivity index (χ4n) is 5.35. The smallest absolute Gasteiger partial charge is 0.136 e. The average molecular weight is 489 g/mol. The molecular formula is C33H32N2O2. The Bertz CT molecular complexity index is 1450. The van der Waals surface area contributed by atoms with Crippen molar-refractivity contribution in [2.45, 2.75) is 26.8 Å². The highest BCUT2D eigenvalue weighted by atomic mass is 16.5. The van der Waals surface area contributed by atoms with Crippen molar-refractivity contribution in [3.8, 4) is 11.5 Å². The van der Waals surface area contributed by atoms with Crippen LogP contribution in [0.5, 0.6) is 11.5 Å². The number of hydrogen-bond donors (Lipinski definition) is 0. The van der Waals surface area contributed by atoms with Gasteiger partial charge in [-0.3, -0.25) is 0 Å². The molecule has 0 spiro atoms. The monoisotopic (exact) mass is 488 g/mol. The first kappa shape index (κ1) is 24.4. The summed E-state index contributed by atoms with van der Waals surface area (Å²) in [5.74, 6) is 2.64. The van der Waals surface area contributed by atoms with Crippen molar-refractivity contribution in [2.24, 2.45) is 0 Å². The summed E-state index contributed by atoms with van der Waals surface area (Å²) in [6.07, 6.45) is 1.88. The van der Waals surface area contributed by atoms with Gasteiger partial charge in [0.1, 0.15) is 17.3 Å².